The van der Waals surface area contributed by atoms with Gasteiger partial charge in [0.15, 0.2) is 17.8 Å². The highest BCUT2D eigenvalue weighted by Crippen LogP contribution is 2.44. The minimum atomic E-state index is -0.438. The van der Waals surface area contributed by atoms with E-state index >= 15 is 0 Å². The highest BCUT2D eigenvalue weighted by Gasteiger charge is 2.19. The molecule has 2 aromatic carbocycles. The summed E-state index contributed by atoms with van der Waals surface area (Å²) in [5.74, 6) is 0.818. The molecule has 0 saturated carbocycles. The molecular weight excluding hydrogens is 275 g/mol. The lowest BCUT2D eigenvalue weighted by Gasteiger charge is -2.16. The molecule has 0 fully saturated rings. The summed E-state index contributed by atoms with van der Waals surface area (Å²) in [6.07, 6.45) is 0.672. The maximum Gasteiger partial charge on any atom is 0.203 e. The zero-order valence-electron chi connectivity index (χ0n) is 12.0. The maximum atomic E-state index is 13.5. The summed E-state index contributed by atoms with van der Waals surface area (Å²) in [6, 6.07) is 7.32. The van der Waals surface area contributed by atoms with Gasteiger partial charge in [-0.15, -0.1) is 0 Å². The van der Waals surface area contributed by atoms with Crippen molar-refractivity contribution in [2.24, 2.45) is 0 Å². The van der Waals surface area contributed by atoms with Gasteiger partial charge in [0.1, 0.15) is 5.82 Å². The van der Waals surface area contributed by atoms with Gasteiger partial charge in [0.25, 0.3) is 0 Å². The minimum absolute atomic E-state index is 0.363. The Morgan fingerprint density at radius 3 is 2.19 bits per heavy atom. The van der Waals surface area contributed by atoms with E-state index in [1.165, 1.54) is 39.5 Å². The fourth-order valence-electron chi connectivity index (χ4n) is 2.18. The molecule has 0 atom stereocenters. The fourth-order valence-corrected chi connectivity index (χ4v) is 2.18. The molecule has 2 rings (SSSR count). The smallest absolute Gasteiger partial charge is 0.203 e. The van der Waals surface area contributed by atoms with E-state index in [-0.39, 0.29) is 0 Å². The zero-order chi connectivity index (χ0) is 15.4. The summed E-state index contributed by atoms with van der Waals surface area (Å²) >= 11 is 0. The third kappa shape index (κ3) is 2.67. The first-order chi connectivity index (χ1) is 10.2. The molecule has 0 saturated heterocycles. The van der Waals surface area contributed by atoms with Crippen LogP contribution in [0.3, 0.4) is 0 Å². The van der Waals surface area contributed by atoms with E-state index in [9.17, 15) is 9.18 Å². The van der Waals surface area contributed by atoms with E-state index in [0.29, 0.717) is 40.2 Å². The molecule has 4 nitrogen and oxygen atoms in total. The number of carbonyl (C=O) groups is 1. The summed E-state index contributed by atoms with van der Waals surface area (Å²) in [6.45, 7) is 0. The van der Waals surface area contributed by atoms with Crippen LogP contribution in [0.25, 0.3) is 11.1 Å². The van der Waals surface area contributed by atoms with Gasteiger partial charge in [-0.2, -0.15) is 0 Å². The van der Waals surface area contributed by atoms with Crippen molar-refractivity contribution in [3.05, 3.63) is 41.7 Å². The van der Waals surface area contributed by atoms with Crippen LogP contribution < -0.4 is 14.2 Å². The van der Waals surface area contributed by atoms with Crippen LogP contribution in [0, 0.1) is 5.82 Å². The molecule has 0 spiro atoms. The first-order valence-electron chi connectivity index (χ1n) is 6.20. The number of methoxy groups -OCH3 is 3. The SMILES string of the molecule is COc1ccc(-c2cc(F)ccc2C=O)c(OC)c1OC. The predicted molar refractivity (Wildman–Crippen MR) is 76.9 cm³/mol. The molecular formula is C16H15FO4. The van der Waals surface area contributed by atoms with Crippen LogP contribution in [-0.2, 0) is 0 Å². The molecule has 110 valence electrons. The molecule has 0 aromatic heterocycles. The Morgan fingerprint density at radius 1 is 0.905 bits per heavy atom. The molecule has 0 aliphatic rings. The molecule has 21 heavy (non-hydrogen) atoms. The molecule has 0 amide bonds. The number of halogens is 1. The minimum Gasteiger partial charge on any atom is -0.493 e. The van der Waals surface area contributed by atoms with Crippen LogP contribution in [0.15, 0.2) is 30.3 Å². The van der Waals surface area contributed by atoms with Crippen molar-refractivity contribution in [3.8, 4) is 28.4 Å². The van der Waals surface area contributed by atoms with E-state index in [0.717, 1.165) is 0 Å². The van der Waals surface area contributed by atoms with Crippen LogP contribution in [-0.4, -0.2) is 27.6 Å². The van der Waals surface area contributed by atoms with Crippen molar-refractivity contribution in [3.63, 3.8) is 0 Å². The van der Waals surface area contributed by atoms with E-state index < -0.39 is 5.82 Å². The number of benzene rings is 2. The summed E-state index contributed by atoms with van der Waals surface area (Å²) < 4.78 is 29.4. The number of rotatable bonds is 5. The maximum absolute atomic E-state index is 13.5. The van der Waals surface area contributed by atoms with Crippen molar-refractivity contribution in [2.45, 2.75) is 0 Å². The number of ether oxygens (including phenoxy) is 3. The lowest BCUT2D eigenvalue weighted by molar-refractivity contribution is 0.112. The quantitative estimate of drug-likeness (QED) is 0.792. The van der Waals surface area contributed by atoms with Gasteiger partial charge in [-0.25, -0.2) is 4.39 Å². The second-order valence-corrected chi connectivity index (χ2v) is 4.23. The zero-order valence-corrected chi connectivity index (χ0v) is 12.0. The molecule has 0 unspecified atom stereocenters. The van der Waals surface area contributed by atoms with E-state index in [4.69, 9.17) is 14.2 Å². The highest BCUT2D eigenvalue weighted by molar-refractivity contribution is 5.90. The Labute approximate surface area is 122 Å². The van der Waals surface area contributed by atoms with Gasteiger partial charge in [0.2, 0.25) is 5.75 Å². The normalized spacial score (nSPS) is 10.1. The summed E-state index contributed by atoms with van der Waals surface area (Å²) in [5.41, 5.74) is 1.35. The fraction of sp³-hybridized carbons (Fsp3) is 0.188. The van der Waals surface area contributed by atoms with Gasteiger partial charge in [-0.1, -0.05) is 0 Å². The molecule has 0 aliphatic heterocycles. The van der Waals surface area contributed by atoms with Gasteiger partial charge in [0, 0.05) is 11.1 Å². The topological polar surface area (TPSA) is 44.8 Å². The molecule has 0 bridgehead atoms. The van der Waals surface area contributed by atoms with E-state index in [1.54, 1.807) is 12.1 Å². The predicted octanol–water partition coefficient (Wildman–Crippen LogP) is 3.33. The first-order valence-corrected chi connectivity index (χ1v) is 6.20. The van der Waals surface area contributed by atoms with Gasteiger partial charge in [-0.3, -0.25) is 4.79 Å². The second kappa shape index (κ2) is 6.26. The third-order valence-electron chi connectivity index (χ3n) is 3.14. The average molecular weight is 290 g/mol. The number of aldehydes is 1. The first kappa shape index (κ1) is 14.8. The Bertz CT molecular complexity index is 668. The van der Waals surface area contributed by atoms with Gasteiger partial charge >= 0.3 is 0 Å². The summed E-state index contributed by atoms with van der Waals surface area (Å²) in [4.78, 5) is 11.2. The van der Waals surface area contributed by atoms with Gasteiger partial charge in [0.05, 0.1) is 21.3 Å². The lowest BCUT2D eigenvalue weighted by Crippen LogP contribution is -1.98. The van der Waals surface area contributed by atoms with Crippen molar-refractivity contribution in [2.75, 3.05) is 21.3 Å². The molecule has 5 heteroatoms. The van der Waals surface area contributed by atoms with Crippen molar-refractivity contribution >= 4 is 6.29 Å². The van der Waals surface area contributed by atoms with E-state index in [1.807, 2.05) is 0 Å². The molecule has 0 N–H and O–H groups in total. The van der Waals surface area contributed by atoms with Gasteiger partial charge in [-0.05, 0) is 35.9 Å². The summed E-state index contributed by atoms with van der Waals surface area (Å²) in [7, 11) is 4.47. The number of carbonyl (C=O) groups excluding carboxylic acids is 1. The van der Waals surface area contributed by atoms with Crippen LogP contribution in [0.4, 0.5) is 4.39 Å². The Morgan fingerprint density at radius 2 is 1.62 bits per heavy atom. The highest BCUT2D eigenvalue weighted by atomic mass is 19.1. The Balaban J connectivity index is 2.75. The molecule has 0 aliphatic carbocycles. The Kier molecular flexibility index (Phi) is 4.42. The third-order valence-corrected chi connectivity index (χ3v) is 3.14. The monoisotopic (exact) mass is 290 g/mol. The Hall–Kier alpha value is -2.56. The van der Waals surface area contributed by atoms with Crippen LogP contribution in [0.5, 0.6) is 17.2 Å². The van der Waals surface area contributed by atoms with Gasteiger partial charge < -0.3 is 14.2 Å². The van der Waals surface area contributed by atoms with Crippen LogP contribution in [0.1, 0.15) is 10.4 Å². The lowest BCUT2D eigenvalue weighted by atomic mass is 9.98. The largest absolute Gasteiger partial charge is 0.493 e. The standard InChI is InChI=1S/C16H15FO4/c1-19-14-7-6-12(15(20-2)16(14)21-3)13-8-11(17)5-4-10(13)9-18/h4-9H,1-3H3. The van der Waals surface area contributed by atoms with E-state index in [2.05, 4.69) is 0 Å². The number of hydrogen-bond donors (Lipinski definition) is 0. The molecule has 0 radical (unpaired) electrons. The van der Waals surface area contributed by atoms with Crippen LogP contribution in [0.2, 0.25) is 0 Å². The van der Waals surface area contributed by atoms with Crippen molar-refractivity contribution < 1.29 is 23.4 Å². The second-order valence-electron chi connectivity index (χ2n) is 4.23. The number of hydrogen-bond acceptors (Lipinski definition) is 4. The van der Waals surface area contributed by atoms with Crippen molar-refractivity contribution in [1.82, 2.24) is 0 Å². The summed E-state index contributed by atoms with van der Waals surface area (Å²) in [5, 5.41) is 0. The van der Waals surface area contributed by atoms with Crippen molar-refractivity contribution in [1.29, 1.82) is 0 Å². The average Bonchev–Trinajstić information content (AvgIpc) is 2.53. The molecule has 0 heterocycles. The molecule has 2 aromatic rings. The van der Waals surface area contributed by atoms with Crippen LogP contribution >= 0.6 is 0 Å².